The van der Waals surface area contributed by atoms with Gasteiger partial charge in [0.15, 0.2) is 0 Å². The molecule has 0 aliphatic carbocycles. The monoisotopic (exact) mass is 374 g/mol. The van der Waals surface area contributed by atoms with E-state index in [9.17, 15) is 14.0 Å². The van der Waals surface area contributed by atoms with Crippen LogP contribution in [0, 0.1) is 12.7 Å². The molecule has 1 N–H and O–H groups in total. The lowest BCUT2D eigenvalue weighted by molar-refractivity contribution is 0.124. The Morgan fingerprint density at radius 1 is 1.00 bits per heavy atom. The number of nitrogens with zero attached hydrogens (tertiary/aromatic N) is 3. The zero-order chi connectivity index (χ0) is 19.2. The van der Waals surface area contributed by atoms with Crippen molar-refractivity contribution < 1.29 is 4.39 Å². The number of aryl methyl sites for hydroxylation is 2. The Hall–Kier alpha value is -2.25. The highest BCUT2D eigenvalue weighted by Crippen LogP contribution is 2.12. The predicted molar refractivity (Wildman–Crippen MR) is 103 cm³/mol. The van der Waals surface area contributed by atoms with Gasteiger partial charge in [-0.1, -0.05) is 18.2 Å². The zero-order valence-corrected chi connectivity index (χ0v) is 15.8. The summed E-state index contributed by atoms with van der Waals surface area (Å²) in [4.78, 5) is 30.2. The van der Waals surface area contributed by atoms with Gasteiger partial charge in [-0.15, -0.1) is 0 Å². The third kappa shape index (κ3) is 5.37. The van der Waals surface area contributed by atoms with Crippen LogP contribution in [0.25, 0.3) is 0 Å². The molecule has 3 rings (SSSR count). The summed E-state index contributed by atoms with van der Waals surface area (Å²) in [6.45, 7) is 7.80. The summed E-state index contributed by atoms with van der Waals surface area (Å²) in [6, 6.07) is 6.96. The van der Waals surface area contributed by atoms with Crippen LogP contribution in [0.1, 0.15) is 24.0 Å². The lowest BCUT2D eigenvalue weighted by Gasteiger charge is -2.34. The van der Waals surface area contributed by atoms with Gasteiger partial charge >= 0.3 is 5.69 Å². The zero-order valence-electron chi connectivity index (χ0n) is 15.8. The molecule has 0 bridgehead atoms. The Kier molecular flexibility index (Phi) is 6.58. The molecule has 1 aliphatic rings. The third-order valence-electron chi connectivity index (χ3n) is 5.13. The molecule has 1 saturated heterocycles. The molecule has 2 heterocycles. The predicted octanol–water partition coefficient (Wildman–Crippen LogP) is 1.58. The SMILES string of the molecule is Cc1cn(CCCCN2CCN(Cc3ccccc3F)CC2)c(=O)[nH]c1=O. The maximum Gasteiger partial charge on any atom is 0.328 e. The van der Waals surface area contributed by atoms with E-state index >= 15 is 0 Å². The average Bonchev–Trinajstić information content (AvgIpc) is 2.66. The first-order valence-corrected chi connectivity index (χ1v) is 9.51. The summed E-state index contributed by atoms with van der Waals surface area (Å²) in [7, 11) is 0. The van der Waals surface area contributed by atoms with Gasteiger partial charge in [-0.2, -0.15) is 0 Å². The second-order valence-electron chi connectivity index (χ2n) is 7.18. The van der Waals surface area contributed by atoms with Crippen LogP contribution in [0.4, 0.5) is 4.39 Å². The Bertz CT molecular complexity index is 869. The number of hydrogen-bond acceptors (Lipinski definition) is 4. The number of benzene rings is 1. The number of halogens is 1. The van der Waals surface area contributed by atoms with Crippen LogP contribution in [0.3, 0.4) is 0 Å². The third-order valence-corrected chi connectivity index (χ3v) is 5.13. The van der Waals surface area contributed by atoms with Crippen molar-refractivity contribution in [2.24, 2.45) is 0 Å². The van der Waals surface area contributed by atoms with Crippen molar-refractivity contribution in [3.05, 3.63) is 68.2 Å². The maximum absolute atomic E-state index is 13.8. The number of aromatic nitrogens is 2. The highest BCUT2D eigenvalue weighted by molar-refractivity contribution is 5.17. The van der Waals surface area contributed by atoms with E-state index in [1.807, 2.05) is 12.1 Å². The van der Waals surface area contributed by atoms with Crippen LogP contribution in [-0.4, -0.2) is 52.1 Å². The van der Waals surface area contributed by atoms with Crippen LogP contribution in [-0.2, 0) is 13.1 Å². The normalized spacial score (nSPS) is 15.9. The molecule has 6 nitrogen and oxygen atoms in total. The first-order valence-electron chi connectivity index (χ1n) is 9.51. The van der Waals surface area contributed by atoms with Crippen molar-refractivity contribution in [1.29, 1.82) is 0 Å². The molecule has 2 aromatic rings. The van der Waals surface area contributed by atoms with Gasteiger partial charge in [0, 0.05) is 56.6 Å². The van der Waals surface area contributed by atoms with Crippen molar-refractivity contribution in [1.82, 2.24) is 19.4 Å². The molecule has 146 valence electrons. The lowest BCUT2D eigenvalue weighted by atomic mass is 10.2. The average molecular weight is 374 g/mol. The summed E-state index contributed by atoms with van der Waals surface area (Å²) >= 11 is 0. The minimum Gasteiger partial charge on any atom is -0.301 e. The summed E-state index contributed by atoms with van der Waals surface area (Å²) in [5.74, 6) is -0.132. The summed E-state index contributed by atoms with van der Waals surface area (Å²) in [5.41, 5.74) is 0.657. The molecule has 0 saturated carbocycles. The smallest absolute Gasteiger partial charge is 0.301 e. The standard InChI is InChI=1S/C20H27FN4O2/c1-16-14-25(20(27)22-19(16)26)9-5-4-8-23-10-12-24(13-11-23)15-17-6-2-3-7-18(17)21/h2-3,6-7,14H,4-5,8-13,15H2,1H3,(H,22,26,27). The molecule has 27 heavy (non-hydrogen) atoms. The van der Waals surface area contributed by atoms with Gasteiger partial charge < -0.3 is 9.47 Å². The van der Waals surface area contributed by atoms with E-state index in [-0.39, 0.29) is 17.1 Å². The van der Waals surface area contributed by atoms with E-state index < -0.39 is 0 Å². The fourth-order valence-electron chi connectivity index (χ4n) is 3.44. The molecule has 0 amide bonds. The van der Waals surface area contributed by atoms with Crippen molar-refractivity contribution in [3.8, 4) is 0 Å². The number of piperazine rings is 1. The van der Waals surface area contributed by atoms with E-state index in [4.69, 9.17) is 0 Å². The number of hydrogen-bond donors (Lipinski definition) is 1. The molecule has 0 unspecified atom stereocenters. The molecule has 1 fully saturated rings. The van der Waals surface area contributed by atoms with Crippen LogP contribution in [0.15, 0.2) is 40.1 Å². The topological polar surface area (TPSA) is 61.3 Å². The molecular formula is C20H27FN4O2. The van der Waals surface area contributed by atoms with Gasteiger partial charge in [-0.05, 0) is 32.4 Å². The largest absolute Gasteiger partial charge is 0.328 e. The molecule has 1 aromatic heterocycles. The number of aromatic amines is 1. The van der Waals surface area contributed by atoms with E-state index in [1.54, 1.807) is 23.8 Å². The minimum absolute atomic E-state index is 0.132. The Labute approximate surface area is 158 Å². The molecule has 0 radical (unpaired) electrons. The van der Waals surface area contributed by atoms with Crippen LogP contribution in [0.2, 0.25) is 0 Å². The maximum atomic E-state index is 13.8. The molecule has 1 aromatic carbocycles. The first kappa shape index (κ1) is 19.5. The Morgan fingerprint density at radius 2 is 1.67 bits per heavy atom. The van der Waals surface area contributed by atoms with E-state index in [0.29, 0.717) is 18.7 Å². The van der Waals surface area contributed by atoms with Crippen LogP contribution in [0.5, 0.6) is 0 Å². The van der Waals surface area contributed by atoms with E-state index in [2.05, 4.69) is 14.8 Å². The number of H-pyrrole nitrogens is 1. The summed E-state index contributed by atoms with van der Waals surface area (Å²) in [5, 5.41) is 0. The van der Waals surface area contributed by atoms with Gasteiger partial charge in [0.05, 0.1) is 0 Å². The lowest BCUT2D eigenvalue weighted by Crippen LogP contribution is -2.46. The quantitative estimate of drug-likeness (QED) is 0.748. The van der Waals surface area contributed by atoms with Gasteiger partial charge in [0.1, 0.15) is 5.82 Å². The highest BCUT2D eigenvalue weighted by Gasteiger charge is 2.17. The van der Waals surface area contributed by atoms with E-state index in [0.717, 1.165) is 51.1 Å². The Morgan fingerprint density at radius 3 is 2.41 bits per heavy atom. The van der Waals surface area contributed by atoms with Gasteiger partial charge in [-0.25, -0.2) is 9.18 Å². The molecule has 1 aliphatic heterocycles. The molecule has 0 spiro atoms. The number of unbranched alkanes of at least 4 members (excludes halogenated alkanes) is 1. The number of rotatable bonds is 7. The first-order chi connectivity index (χ1) is 13.0. The van der Waals surface area contributed by atoms with Gasteiger partial charge in [-0.3, -0.25) is 14.7 Å². The van der Waals surface area contributed by atoms with Crippen molar-refractivity contribution in [2.45, 2.75) is 32.9 Å². The van der Waals surface area contributed by atoms with Crippen LogP contribution >= 0.6 is 0 Å². The van der Waals surface area contributed by atoms with Crippen LogP contribution < -0.4 is 11.2 Å². The molecular weight excluding hydrogens is 347 g/mol. The molecule has 0 atom stereocenters. The van der Waals surface area contributed by atoms with Crippen molar-refractivity contribution in [3.63, 3.8) is 0 Å². The van der Waals surface area contributed by atoms with E-state index in [1.165, 1.54) is 6.07 Å². The second kappa shape index (κ2) is 9.10. The second-order valence-corrected chi connectivity index (χ2v) is 7.18. The fourth-order valence-corrected chi connectivity index (χ4v) is 3.44. The Balaban J connectivity index is 1.38. The van der Waals surface area contributed by atoms with Gasteiger partial charge in [0.2, 0.25) is 0 Å². The summed E-state index contributed by atoms with van der Waals surface area (Å²) in [6.07, 6.45) is 3.52. The fraction of sp³-hybridized carbons (Fsp3) is 0.500. The minimum atomic E-state index is -0.340. The highest BCUT2D eigenvalue weighted by atomic mass is 19.1. The van der Waals surface area contributed by atoms with Crippen molar-refractivity contribution >= 4 is 0 Å². The van der Waals surface area contributed by atoms with Crippen molar-refractivity contribution in [2.75, 3.05) is 32.7 Å². The number of nitrogens with one attached hydrogen (secondary N) is 1. The van der Waals surface area contributed by atoms with Gasteiger partial charge in [0.25, 0.3) is 5.56 Å². The molecule has 7 heteroatoms. The summed E-state index contributed by atoms with van der Waals surface area (Å²) < 4.78 is 15.3.